The molecule has 0 saturated carbocycles. The van der Waals surface area contributed by atoms with Crippen LogP contribution in [0.3, 0.4) is 0 Å². The minimum absolute atomic E-state index is 0.740. The Morgan fingerprint density at radius 1 is 1.45 bits per heavy atom. The van der Waals surface area contributed by atoms with Crippen molar-refractivity contribution >= 4 is 5.96 Å². The van der Waals surface area contributed by atoms with Gasteiger partial charge < -0.3 is 10.2 Å². The topological polar surface area (TPSA) is 45.5 Å². The Morgan fingerprint density at radius 3 is 2.91 bits per heavy atom. The summed E-state index contributed by atoms with van der Waals surface area (Å²) in [5, 5.41) is 7.64. The monoisotopic (exact) mass is 305 g/mol. The van der Waals surface area contributed by atoms with E-state index in [4.69, 9.17) is 0 Å². The second-order valence-electron chi connectivity index (χ2n) is 5.58. The predicted molar refractivity (Wildman–Crippen MR) is 94.2 cm³/mol. The number of hydrogen-bond donors (Lipinski definition) is 1. The normalized spacial score (nSPS) is 11.5. The van der Waals surface area contributed by atoms with E-state index < -0.39 is 0 Å². The molecule has 0 aliphatic rings. The molecule has 0 unspecified atom stereocenters. The van der Waals surface area contributed by atoms with E-state index in [-0.39, 0.29) is 0 Å². The number of guanidine groups is 1. The van der Waals surface area contributed by atoms with Gasteiger partial charge in [-0.25, -0.2) is 0 Å². The summed E-state index contributed by atoms with van der Waals surface area (Å²) < 4.78 is 1.94. The third-order valence-corrected chi connectivity index (χ3v) is 3.45. The highest BCUT2D eigenvalue weighted by Gasteiger charge is 2.04. The van der Waals surface area contributed by atoms with Gasteiger partial charge in [0, 0.05) is 26.3 Å². The Labute approximate surface area is 135 Å². The zero-order chi connectivity index (χ0) is 16.2. The highest BCUT2D eigenvalue weighted by atomic mass is 15.3. The molecule has 0 saturated heterocycles. The van der Waals surface area contributed by atoms with E-state index in [1.807, 2.05) is 23.2 Å². The fraction of sp³-hybridized carbons (Fsp3) is 0.647. The Hall–Kier alpha value is -1.78. The fourth-order valence-corrected chi connectivity index (χ4v) is 2.24. The summed E-state index contributed by atoms with van der Waals surface area (Å²) >= 11 is 0. The highest BCUT2D eigenvalue weighted by Crippen LogP contribution is 2.02. The standard InChI is InChI=1S/C17H31N5/c1-5-7-8-9-10-12-21(4)17(18-6-2)19-11-13-22-15-16(3)14-20-22/h5,14-15H,1,6-13H2,2-4H3,(H,18,19). The number of aromatic nitrogens is 2. The van der Waals surface area contributed by atoms with E-state index in [0.717, 1.165) is 38.6 Å². The van der Waals surface area contributed by atoms with Crippen molar-refractivity contribution in [2.45, 2.75) is 46.1 Å². The van der Waals surface area contributed by atoms with Gasteiger partial charge in [-0.05, 0) is 38.7 Å². The summed E-state index contributed by atoms with van der Waals surface area (Å²) in [7, 11) is 2.10. The van der Waals surface area contributed by atoms with Gasteiger partial charge in [0.2, 0.25) is 0 Å². The van der Waals surface area contributed by atoms with Gasteiger partial charge in [0.05, 0.1) is 19.3 Å². The number of rotatable bonds is 10. The molecule has 0 spiro atoms. The average molecular weight is 305 g/mol. The number of unbranched alkanes of at least 4 members (excludes halogenated alkanes) is 3. The van der Waals surface area contributed by atoms with Crippen LogP contribution in [0.1, 0.15) is 38.2 Å². The Morgan fingerprint density at radius 2 is 2.27 bits per heavy atom. The number of hydrogen-bond acceptors (Lipinski definition) is 2. The highest BCUT2D eigenvalue weighted by molar-refractivity contribution is 5.79. The van der Waals surface area contributed by atoms with Crippen LogP contribution in [0.15, 0.2) is 30.0 Å². The fourth-order valence-electron chi connectivity index (χ4n) is 2.24. The lowest BCUT2D eigenvalue weighted by Crippen LogP contribution is -2.39. The summed E-state index contributed by atoms with van der Waals surface area (Å²) in [6, 6.07) is 0. The van der Waals surface area contributed by atoms with Crippen molar-refractivity contribution in [1.82, 2.24) is 20.0 Å². The van der Waals surface area contributed by atoms with Crippen LogP contribution in [0.4, 0.5) is 0 Å². The van der Waals surface area contributed by atoms with Crippen LogP contribution in [0.5, 0.6) is 0 Å². The molecule has 22 heavy (non-hydrogen) atoms. The van der Waals surface area contributed by atoms with Crippen LogP contribution in [0.25, 0.3) is 0 Å². The maximum atomic E-state index is 4.69. The Kier molecular flexibility index (Phi) is 9.03. The zero-order valence-corrected chi connectivity index (χ0v) is 14.4. The molecule has 1 rings (SSSR count). The first kappa shape index (κ1) is 18.3. The maximum Gasteiger partial charge on any atom is 0.193 e. The third-order valence-electron chi connectivity index (χ3n) is 3.45. The molecule has 0 bridgehead atoms. The van der Waals surface area contributed by atoms with Crippen LogP contribution in [-0.4, -0.2) is 47.3 Å². The van der Waals surface area contributed by atoms with Crippen LogP contribution in [-0.2, 0) is 6.54 Å². The summed E-state index contributed by atoms with van der Waals surface area (Å²) in [5.41, 5.74) is 1.19. The first-order valence-corrected chi connectivity index (χ1v) is 8.26. The summed E-state index contributed by atoms with van der Waals surface area (Å²) in [6.45, 7) is 11.4. The van der Waals surface area contributed by atoms with E-state index in [2.05, 4.69) is 47.8 Å². The molecule has 5 nitrogen and oxygen atoms in total. The molecule has 1 heterocycles. The number of nitrogens with one attached hydrogen (secondary N) is 1. The molecular formula is C17H31N5. The SMILES string of the molecule is C=CCCCCCN(C)C(=NCCn1cc(C)cn1)NCC. The molecule has 1 aromatic rings. The molecule has 5 heteroatoms. The van der Waals surface area contributed by atoms with E-state index in [0.29, 0.717) is 0 Å². The summed E-state index contributed by atoms with van der Waals surface area (Å²) in [5.74, 6) is 0.982. The lowest BCUT2D eigenvalue weighted by molar-refractivity contribution is 0.454. The molecule has 0 amide bonds. The Balaban J connectivity index is 2.37. The number of allylic oxidation sites excluding steroid dienone is 1. The third kappa shape index (κ3) is 7.29. The van der Waals surface area contributed by atoms with Crippen molar-refractivity contribution < 1.29 is 0 Å². The number of nitrogens with zero attached hydrogens (tertiary/aromatic N) is 4. The first-order chi connectivity index (χ1) is 10.7. The van der Waals surface area contributed by atoms with Gasteiger partial charge in [0.25, 0.3) is 0 Å². The number of aliphatic imine (C=N–C) groups is 1. The van der Waals surface area contributed by atoms with Gasteiger partial charge in [0.15, 0.2) is 5.96 Å². The van der Waals surface area contributed by atoms with Crippen LogP contribution in [0.2, 0.25) is 0 Å². The molecular weight excluding hydrogens is 274 g/mol. The van der Waals surface area contributed by atoms with Crippen LogP contribution < -0.4 is 5.32 Å². The molecule has 0 atom stereocenters. The average Bonchev–Trinajstić information content (AvgIpc) is 2.91. The van der Waals surface area contributed by atoms with Gasteiger partial charge in [-0.1, -0.05) is 12.5 Å². The second kappa shape index (κ2) is 10.9. The maximum absolute atomic E-state index is 4.69. The number of aryl methyl sites for hydroxylation is 1. The van der Waals surface area contributed by atoms with Crippen molar-refractivity contribution in [3.05, 3.63) is 30.6 Å². The van der Waals surface area contributed by atoms with Gasteiger partial charge in [-0.3, -0.25) is 9.67 Å². The molecule has 0 aromatic carbocycles. The predicted octanol–water partition coefficient (Wildman–Crippen LogP) is 2.84. The molecule has 1 N–H and O–H groups in total. The van der Waals surface area contributed by atoms with Gasteiger partial charge >= 0.3 is 0 Å². The van der Waals surface area contributed by atoms with E-state index in [1.54, 1.807) is 0 Å². The lowest BCUT2D eigenvalue weighted by Gasteiger charge is -2.22. The second-order valence-corrected chi connectivity index (χ2v) is 5.58. The minimum atomic E-state index is 0.740. The quantitative estimate of drug-likeness (QED) is 0.313. The van der Waals surface area contributed by atoms with Crippen molar-refractivity contribution in [3.63, 3.8) is 0 Å². The summed E-state index contributed by atoms with van der Waals surface area (Å²) in [6.07, 6.45) is 10.7. The molecule has 0 aliphatic heterocycles. The molecule has 0 fully saturated rings. The van der Waals surface area contributed by atoms with Crippen molar-refractivity contribution in [2.75, 3.05) is 26.7 Å². The van der Waals surface area contributed by atoms with Crippen molar-refractivity contribution in [2.24, 2.45) is 4.99 Å². The first-order valence-electron chi connectivity index (χ1n) is 8.26. The van der Waals surface area contributed by atoms with Crippen molar-refractivity contribution in [1.29, 1.82) is 0 Å². The minimum Gasteiger partial charge on any atom is -0.357 e. The van der Waals surface area contributed by atoms with Crippen LogP contribution >= 0.6 is 0 Å². The van der Waals surface area contributed by atoms with E-state index >= 15 is 0 Å². The van der Waals surface area contributed by atoms with E-state index in [1.165, 1.54) is 24.8 Å². The van der Waals surface area contributed by atoms with E-state index in [9.17, 15) is 0 Å². The van der Waals surface area contributed by atoms with Gasteiger partial charge in [-0.15, -0.1) is 6.58 Å². The Bertz CT molecular complexity index is 450. The van der Waals surface area contributed by atoms with Crippen LogP contribution in [0, 0.1) is 6.92 Å². The molecule has 0 radical (unpaired) electrons. The molecule has 1 aromatic heterocycles. The van der Waals surface area contributed by atoms with Crippen molar-refractivity contribution in [3.8, 4) is 0 Å². The van der Waals surface area contributed by atoms with Gasteiger partial charge in [0.1, 0.15) is 0 Å². The summed E-state index contributed by atoms with van der Waals surface area (Å²) in [4.78, 5) is 6.90. The molecule has 0 aliphatic carbocycles. The molecule has 124 valence electrons. The lowest BCUT2D eigenvalue weighted by atomic mass is 10.2. The largest absolute Gasteiger partial charge is 0.357 e. The zero-order valence-electron chi connectivity index (χ0n) is 14.4. The smallest absolute Gasteiger partial charge is 0.193 e. The van der Waals surface area contributed by atoms with Gasteiger partial charge in [-0.2, -0.15) is 5.10 Å².